The maximum Gasteiger partial charge on any atom is 0.269 e. The van der Waals surface area contributed by atoms with E-state index in [4.69, 9.17) is 11.6 Å². The molecule has 0 radical (unpaired) electrons. The molecule has 164 valence electrons. The van der Waals surface area contributed by atoms with Crippen LogP contribution in [-0.4, -0.2) is 43.2 Å². The van der Waals surface area contributed by atoms with E-state index in [2.05, 4.69) is 0 Å². The van der Waals surface area contributed by atoms with Crippen molar-refractivity contribution in [2.45, 2.75) is 30.6 Å². The number of nitro groups is 1. The monoisotopic (exact) mass is 463 g/mol. The molecule has 0 bridgehead atoms. The number of halogens is 1. The second-order valence-corrected chi connectivity index (χ2v) is 10.1. The maximum atomic E-state index is 13.4. The molecule has 0 N–H and O–H groups in total. The van der Waals surface area contributed by atoms with E-state index < -0.39 is 20.9 Å². The Hall–Kier alpha value is -2.49. The molecule has 8 nitrogen and oxygen atoms in total. The van der Waals surface area contributed by atoms with E-state index in [-0.39, 0.29) is 23.0 Å². The van der Waals surface area contributed by atoms with Crippen LogP contribution in [0.3, 0.4) is 0 Å². The quantitative estimate of drug-likeness (QED) is 0.509. The predicted octanol–water partition coefficient (Wildman–Crippen LogP) is 3.63. The van der Waals surface area contributed by atoms with E-state index in [1.807, 2.05) is 12.1 Å². The molecule has 1 fully saturated rings. The van der Waals surface area contributed by atoms with Crippen LogP contribution in [0, 0.1) is 16.0 Å². The number of amides is 1. The zero-order valence-electron chi connectivity index (χ0n) is 16.7. The molecule has 31 heavy (non-hydrogen) atoms. The molecular formula is C21H22ClN3O5S. The first-order valence-corrected chi connectivity index (χ1v) is 11.9. The third-order valence-electron chi connectivity index (χ3n) is 5.85. The molecule has 1 saturated heterocycles. The van der Waals surface area contributed by atoms with Gasteiger partial charge in [0.25, 0.3) is 5.69 Å². The number of carbonyl (C=O) groups excluding carboxylic acids is 1. The summed E-state index contributed by atoms with van der Waals surface area (Å²) >= 11 is 6.39. The van der Waals surface area contributed by atoms with E-state index in [0.717, 1.165) is 24.1 Å². The molecule has 2 aromatic rings. The number of hydrogen-bond acceptors (Lipinski definition) is 5. The average Bonchev–Trinajstić information content (AvgIpc) is 2.78. The third kappa shape index (κ3) is 4.17. The second kappa shape index (κ2) is 8.57. The fraction of sp³-hybridized carbons (Fsp3) is 0.381. The van der Waals surface area contributed by atoms with Crippen LogP contribution in [0.5, 0.6) is 0 Å². The van der Waals surface area contributed by atoms with E-state index in [1.165, 1.54) is 28.6 Å². The Morgan fingerprint density at radius 1 is 1.10 bits per heavy atom. The first-order valence-electron chi connectivity index (χ1n) is 10.1. The van der Waals surface area contributed by atoms with Gasteiger partial charge in [0.2, 0.25) is 15.9 Å². The van der Waals surface area contributed by atoms with Crippen LogP contribution in [0.15, 0.2) is 47.4 Å². The number of fused-ring (bicyclic) bond motifs is 1. The smallest absolute Gasteiger partial charge is 0.269 e. The molecule has 0 saturated carbocycles. The summed E-state index contributed by atoms with van der Waals surface area (Å²) in [6.45, 7) is 0.941. The highest BCUT2D eigenvalue weighted by molar-refractivity contribution is 7.89. The number of piperidine rings is 1. The Bertz CT molecular complexity index is 1120. The van der Waals surface area contributed by atoms with Gasteiger partial charge in [-0.3, -0.25) is 14.9 Å². The highest BCUT2D eigenvalue weighted by Crippen LogP contribution is 2.36. The van der Waals surface area contributed by atoms with Gasteiger partial charge in [-0.05, 0) is 49.4 Å². The Morgan fingerprint density at radius 3 is 2.55 bits per heavy atom. The van der Waals surface area contributed by atoms with Crippen molar-refractivity contribution in [2.24, 2.45) is 5.92 Å². The zero-order valence-corrected chi connectivity index (χ0v) is 18.3. The summed E-state index contributed by atoms with van der Waals surface area (Å²) in [7, 11) is -3.86. The number of rotatable bonds is 4. The molecule has 0 aliphatic carbocycles. The van der Waals surface area contributed by atoms with Gasteiger partial charge in [-0.2, -0.15) is 4.31 Å². The highest BCUT2D eigenvalue weighted by atomic mass is 35.5. The Labute approximate surface area is 185 Å². The van der Waals surface area contributed by atoms with Crippen molar-refractivity contribution < 1.29 is 18.1 Å². The largest absolute Gasteiger partial charge is 0.310 e. The van der Waals surface area contributed by atoms with Crippen molar-refractivity contribution in [3.05, 3.63) is 63.2 Å². The first-order chi connectivity index (χ1) is 14.8. The second-order valence-electron chi connectivity index (χ2n) is 7.79. The minimum atomic E-state index is -3.86. The summed E-state index contributed by atoms with van der Waals surface area (Å²) in [5.41, 5.74) is 1.58. The number of nitrogens with zero attached hydrogens (tertiary/aromatic N) is 3. The van der Waals surface area contributed by atoms with Crippen molar-refractivity contribution in [1.29, 1.82) is 0 Å². The SMILES string of the molecule is O=C(C1CCCN(S(=O)(=O)c2ccc([N+](=O)[O-])cc2)C1)N1CCCc2cccc(Cl)c21. The van der Waals surface area contributed by atoms with Gasteiger partial charge < -0.3 is 4.90 Å². The number of hydrogen-bond donors (Lipinski definition) is 0. The van der Waals surface area contributed by atoms with Crippen LogP contribution in [-0.2, 0) is 21.2 Å². The standard InChI is InChI=1S/C21H22ClN3O5S/c22-19-7-1-4-15-5-3-13-24(20(15)19)21(26)16-6-2-12-23(14-16)31(29,30)18-10-8-17(9-11-18)25(27)28/h1,4,7-11,16H,2-3,5-6,12-14H2. The number of benzene rings is 2. The number of carbonyl (C=O) groups is 1. The van der Waals surface area contributed by atoms with Crippen LogP contribution in [0.2, 0.25) is 5.02 Å². The van der Waals surface area contributed by atoms with Gasteiger partial charge in [-0.1, -0.05) is 23.7 Å². The summed E-state index contributed by atoms with van der Waals surface area (Å²) < 4.78 is 27.5. The molecule has 1 unspecified atom stereocenters. The topological polar surface area (TPSA) is 101 Å². The lowest BCUT2D eigenvalue weighted by atomic mass is 9.95. The summed E-state index contributed by atoms with van der Waals surface area (Å²) in [5.74, 6) is -0.582. The van der Waals surface area contributed by atoms with Gasteiger partial charge in [0, 0.05) is 31.8 Å². The van der Waals surface area contributed by atoms with Gasteiger partial charge in [-0.15, -0.1) is 0 Å². The molecule has 4 rings (SSSR count). The number of sulfonamides is 1. The molecule has 1 amide bonds. The van der Waals surface area contributed by atoms with Gasteiger partial charge in [-0.25, -0.2) is 8.42 Å². The average molecular weight is 464 g/mol. The number of anilines is 1. The van der Waals surface area contributed by atoms with E-state index >= 15 is 0 Å². The molecule has 2 aromatic carbocycles. The Morgan fingerprint density at radius 2 is 1.84 bits per heavy atom. The first kappa shape index (κ1) is 21.7. The summed E-state index contributed by atoms with van der Waals surface area (Å²) in [5, 5.41) is 11.4. The molecule has 1 atom stereocenters. The predicted molar refractivity (Wildman–Crippen MR) is 117 cm³/mol. The molecule has 2 heterocycles. The van der Waals surface area contributed by atoms with Gasteiger partial charge >= 0.3 is 0 Å². The van der Waals surface area contributed by atoms with Gasteiger partial charge in [0.15, 0.2) is 0 Å². The Balaban J connectivity index is 1.55. The van der Waals surface area contributed by atoms with Crippen molar-refractivity contribution in [3.63, 3.8) is 0 Å². The number of non-ortho nitro benzene ring substituents is 1. The maximum absolute atomic E-state index is 13.4. The number of para-hydroxylation sites is 1. The van der Waals surface area contributed by atoms with E-state index in [1.54, 1.807) is 11.0 Å². The third-order valence-corrected chi connectivity index (χ3v) is 8.04. The lowest BCUT2D eigenvalue weighted by Gasteiger charge is -2.36. The van der Waals surface area contributed by atoms with Crippen LogP contribution >= 0.6 is 11.6 Å². The van der Waals surface area contributed by atoms with Crippen LogP contribution in [0.1, 0.15) is 24.8 Å². The lowest BCUT2D eigenvalue weighted by molar-refractivity contribution is -0.384. The van der Waals surface area contributed by atoms with Crippen LogP contribution < -0.4 is 4.90 Å². The number of nitro benzene ring substituents is 1. The summed E-state index contributed by atoms with van der Waals surface area (Å²) in [4.78, 5) is 25.3. The van der Waals surface area contributed by atoms with E-state index in [0.29, 0.717) is 31.0 Å². The molecule has 0 aromatic heterocycles. The molecular weight excluding hydrogens is 442 g/mol. The zero-order chi connectivity index (χ0) is 22.2. The van der Waals surface area contributed by atoms with Crippen molar-refractivity contribution >= 4 is 38.9 Å². The summed E-state index contributed by atoms with van der Waals surface area (Å²) in [6, 6.07) is 10.4. The van der Waals surface area contributed by atoms with Crippen LogP contribution in [0.25, 0.3) is 0 Å². The van der Waals surface area contributed by atoms with Crippen molar-refractivity contribution in [2.75, 3.05) is 24.5 Å². The van der Waals surface area contributed by atoms with Crippen molar-refractivity contribution in [3.8, 4) is 0 Å². The fourth-order valence-corrected chi connectivity index (χ4v) is 6.12. The molecule has 2 aliphatic rings. The minimum Gasteiger partial charge on any atom is -0.310 e. The minimum absolute atomic E-state index is 0.0161. The molecule has 2 aliphatic heterocycles. The normalized spacial score (nSPS) is 19.6. The number of aryl methyl sites for hydroxylation is 1. The lowest BCUT2D eigenvalue weighted by Crippen LogP contribution is -2.48. The molecule has 10 heteroatoms. The van der Waals surface area contributed by atoms with Crippen molar-refractivity contribution in [1.82, 2.24) is 4.31 Å². The van der Waals surface area contributed by atoms with Gasteiger partial charge in [0.05, 0.1) is 26.4 Å². The Kier molecular flexibility index (Phi) is 6.00. The van der Waals surface area contributed by atoms with Gasteiger partial charge in [0.1, 0.15) is 0 Å². The summed E-state index contributed by atoms with van der Waals surface area (Å²) in [6.07, 6.45) is 2.84. The molecule has 0 spiro atoms. The fourth-order valence-electron chi connectivity index (χ4n) is 4.30. The highest BCUT2D eigenvalue weighted by Gasteiger charge is 2.37. The van der Waals surface area contributed by atoms with Crippen LogP contribution in [0.4, 0.5) is 11.4 Å². The van der Waals surface area contributed by atoms with E-state index in [9.17, 15) is 23.3 Å².